The summed E-state index contributed by atoms with van der Waals surface area (Å²) in [6.45, 7) is 11.3. The number of rotatable bonds is 4. The molecule has 0 bridgehead atoms. The zero-order valence-corrected chi connectivity index (χ0v) is 14.5. The van der Waals surface area contributed by atoms with Crippen LogP contribution in [0.5, 0.6) is 0 Å². The largest absolute Gasteiger partial charge is 0.360 e. The maximum absolute atomic E-state index is 11.4. The molecule has 1 fully saturated rings. The molecule has 0 aliphatic carbocycles. The summed E-state index contributed by atoms with van der Waals surface area (Å²) in [6, 6.07) is 7.28. The van der Waals surface area contributed by atoms with Crippen LogP contribution in [0.25, 0.3) is 5.69 Å². The molecule has 7 heteroatoms. The Bertz CT molecular complexity index is 747. The number of hydrogen-bond donors (Lipinski definition) is 1. The first-order valence-corrected chi connectivity index (χ1v) is 8.40. The molecule has 1 aliphatic rings. The molecule has 2 heterocycles. The van der Waals surface area contributed by atoms with Crippen molar-refractivity contribution in [1.82, 2.24) is 9.78 Å². The summed E-state index contributed by atoms with van der Waals surface area (Å²) in [7, 11) is 0. The van der Waals surface area contributed by atoms with Crippen molar-refractivity contribution in [2.45, 2.75) is 20.8 Å². The molecular weight excluding hydrogens is 306 g/mol. The number of nitrogens with zero attached hydrogens (tertiary/aromatic N) is 4. The van der Waals surface area contributed by atoms with E-state index in [0.29, 0.717) is 5.69 Å². The monoisotopic (exact) mass is 330 g/mol. The number of aryl methyl sites for hydroxylation is 2. The van der Waals surface area contributed by atoms with Crippen molar-refractivity contribution in [3.8, 4) is 5.69 Å². The van der Waals surface area contributed by atoms with Crippen molar-refractivity contribution in [1.29, 1.82) is 0 Å². The van der Waals surface area contributed by atoms with E-state index in [-0.39, 0.29) is 10.6 Å². The van der Waals surface area contributed by atoms with Gasteiger partial charge in [-0.3, -0.25) is 10.1 Å². The topological polar surface area (TPSA) is 68.6 Å². The molecule has 0 unspecified atom stereocenters. The fourth-order valence-corrected chi connectivity index (χ4v) is 3.34. The lowest BCUT2D eigenvalue weighted by Gasteiger charge is -2.33. The van der Waals surface area contributed by atoms with Gasteiger partial charge in [0, 0.05) is 17.4 Å². The molecule has 0 spiro atoms. The van der Waals surface area contributed by atoms with Crippen LogP contribution in [-0.4, -0.2) is 47.4 Å². The summed E-state index contributed by atoms with van der Waals surface area (Å²) in [6.07, 6.45) is 0. The quantitative estimate of drug-likeness (QED) is 0.674. The third kappa shape index (κ3) is 3.12. The van der Waals surface area contributed by atoms with Gasteiger partial charge in [-0.05, 0) is 39.0 Å². The van der Waals surface area contributed by atoms with Crippen LogP contribution in [0.1, 0.15) is 18.3 Å². The maximum atomic E-state index is 11.4. The van der Waals surface area contributed by atoms with Crippen LogP contribution >= 0.6 is 0 Å². The number of aromatic nitrogens is 2. The Morgan fingerprint density at radius 3 is 2.50 bits per heavy atom. The van der Waals surface area contributed by atoms with Crippen LogP contribution in [0.2, 0.25) is 0 Å². The van der Waals surface area contributed by atoms with Gasteiger partial charge < -0.3 is 9.80 Å². The van der Waals surface area contributed by atoms with Gasteiger partial charge in [-0.15, -0.1) is 0 Å². The predicted molar refractivity (Wildman–Crippen MR) is 93.1 cm³/mol. The smallest absolute Gasteiger partial charge is 0.295 e. The molecule has 1 aliphatic heterocycles. The number of anilines is 1. The minimum atomic E-state index is -0.339. The summed E-state index contributed by atoms with van der Waals surface area (Å²) < 4.78 is 1.67. The number of nitrogens with one attached hydrogen (secondary N) is 1. The maximum Gasteiger partial charge on any atom is 0.295 e. The number of piperazine rings is 1. The Hall–Kier alpha value is -2.41. The second-order valence-corrected chi connectivity index (χ2v) is 6.36. The molecule has 0 atom stereocenters. The first-order valence-electron chi connectivity index (χ1n) is 8.40. The second kappa shape index (κ2) is 6.60. The van der Waals surface area contributed by atoms with Gasteiger partial charge in [-0.25, -0.2) is 4.68 Å². The van der Waals surface area contributed by atoms with E-state index in [4.69, 9.17) is 0 Å². The van der Waals surface area contributed by atoms with E-state index in [1.54, 1.807) is 15.6 Å². The van der Waals surface area contributed by atoms with E-state index in [0.717, 1.165) is 49.8 Å². The van der Waals surface area contributed by atoms with E-state index < -0.39 is 0 Å². The lowest BCUT2D eigenvalue weighted by atomic mass is 10.2. The Kier molecular flexibility index (Phi) is 4.53. The number of nitro benzene ring substituents is 1. The molecule has 1 aromatic carbocycles. The molecule has 2 aromatic rings. The summed E-state index contributed by atoms with van der Waals surface area (Å²) >= 11 is 0. The average molecular weight is 330 g/mol. The molecule has 1 aromatic heterocycles. The van der Waals surface area contributed by atoms with Crippen molar-refractivity contribution in [3.63, 3.8) is 0 Å². The number of nitro groups is 1. The van der Waals surface area contributed by atoms with Crippen molar-refractivity contribution >= 4 is 11.4 Å². The van der Waals surface area contributed by atoms with Crippen molar-refractivity contribution in [2.24, 2.45) is 0 Å². The molecule has 0 radical (unpaired) electrons. The molecule has 7 nitrogen and oxygen atoms in total. The standard InChI is InChI=1S/C17H23N5O2/c1-4-19-7-9-20(10-8-19)15-5-6-16(22(23)24)17(12-15)21-14(3)11-13(2)18-21/h5-6,11-12H,4,7-10H2,1-3H3/p+1. The minimum Gasteiger partial charge on any atom is -0.360 e. The average Bonchev–Trinajstić information content (AvgIpc) is 2.92. The van der Waals surface area contributed by atoms with Crippen molar-refractivity contribution in [2.75, 3.05) is 37.6 Å². The lowest BCUT2D eigenvalue weighted by molar-refractivity contribution is -0.898. The van der Waals surface area contributed by atoms with Crippen molar-refractivity contribution in [3.05, 3.63) is 45.8 Å². The number of quaternary nitrogens is 1. The van der Waals surface area contributed by atoms with E-state index in [1.165, 1.54) is 0 Å². The van der Waals surface area contributed by atoms with Gasteiger partial charge >= 0.3 is 0 Å². The molecule has 128 valence electrons. The highest BCUT2D eigenvalue weighted by atomic mass is 16.6. The highest BCUT2D eigenvalue weighted by molar-refractivity contribution is 5.63. The second-order valence-electron chi connectivity index (χ2n) is 6.36. The van der Waals surface area contributed by atoms with Gasteiger partial charge in [0.1, 0.15) is 5.69 Å². The van der Waals surface area contributed by atoms with Crippen LogP contribution in [0.15, 0.2) is 24.3 Å². The first-order chi connectivity index (χ1) is 11.5. The summed E-state index contributed by atoms with van der Waals surface area (Å²) in [4.78, 5) is 15.0. The molecule has 1 saturated heterocycles. The number of hydrogen-bond acceptors (Lipinski definition) is 4. The van der Waals surface area contributed by atoms with Crippen LogP contribution in [0.3, 0.4) is 0 Å². The van der Waals surface area contributed by atoms with Gasteiger partial charge in [0.15, 0.2) is 0 Å². The Morgan fingerprint density at radius 2 is 1.96 bits per heavy atom. The fourth-order valence-electron chi connectivity index (χ4n) is 3.34. The van der Waals surface area contributed by atoms with Crippen molar-refractivity contribution < 1.29 is 9.82 Å². The molecule has 3 rings (SSSR count). The first kappa shape index (κ1) is 16.4. The zero-order chi connectivity index (χ0) is 17.3. The Balaban J connectivity index is 1.98. The lowest BCUT2D eigenvalue weighted by Crippen LogP contribution is -3.14. The Morgan fingerprint density at radius 1 is 1.25 bits per heavy atom. The SMILES string of the molecule is CC[NH+]1CCN(c2ccc([N+](=O)[O-])c(-n3nc(C)cc3C)c2)CC1. The third-order valence-electron chi connectivity index (χ3n) is 4.73. The van der Waals surface area contributed by atoms with E-state index in [1.807, 2.05) is 32.0 Å². The van der Waals surface area contributed by atoms with Crippen LogP contribution < -0.4 is 9.80 Å². The van der Waals surface area contributed by atoms with E-state index in [2.05, 4.69) is 16.9 Å². The van der Waals surface area contributed by atoms with Gasteiger partial charge in [-0.2, -0.15) is 5.10 Å². The molecule has 24 heavy (non-hydrogen) atoms. The van der Waals surface area contributed by atoms with E-state index in [9.17, 15) is 10.1 Å². The number of likely N-dealkylation sites (N-methyl/N-ethyl adjacent to an activating group) is 1. The number of benzene rings is 1. The predicted octanol–water partition coefficient (Wildman–Crippen LogP) is 1.12. The fraction of sp³-hybridized carbons (Fsp3) is 0.471. The van der Waals surface area contributed by atoms with Gasteiger partial charge in [0.25, 0.3) is 5.69 Å². The molecular formula is C17H24N5O2+. The van der Waals surface area contributed by atoms with Gasteiger partial charge in [0.2, 0.25) is 0 Å². The van der Waals surface area contributed by atoms with E-state index >= 15 is 0 Å². The Labute approximate surface area is 141 Å². The summed E-state index contributed by atoms with van der Waals surface area (Å²) in [5.74, 6) is 0. The van der Waals surface area contributed by atoms with Crippen LogP contribution in [-0.2, 0) is 0 Å². The normalized spacial score (nSPS) is 15.7. The zero-order valence-electron chi connectivity index (χ0n) is 14.5. The van der Waals surface area contributed by atoms with Crippen LogP contribution in [0.4, 0.5) is 11.4 Å². The molecule has 0 saturated carbocycles. The van der Waals surface area contributed by atoms with Crippen LogP contribution in [0, 0.1) is 24.0 Å². The summed E-state index contributed by atoms with van der Waals surface area (Å²) in [5.41, 5.74) is 3.40. The van der Waals surface area contributed by atoms with Gasteiger partial charge in [0.05, 0.1) is 43.3 Å². The highest BCUT2D eigenvalue weighted by Crippen LogP contribution is 2.29. The third-order valence-corrected chi connectivity index (χ3v) is 4.73. The minimum absolute atomic E-state index is 0.0859. The molecule has 0 amide bonds. The highest BCUT2D eigenvalue weighted by Gasteiger charge is 2.23. The molecule has 1 N–H and O–H groups in total. The van der Waals surface area contributed by atoms with Gasteiger partial charge in [-0.1, -0.05) is 0 Å². The summed E-state index contributed by atoms with van der Waals surface area (Å²) in [5, 5.41) is 15.9.